The standard InChI is InChI=1S/C13H24N6/c1-10-6-5-8-19(9-7-10)13-16-11(14-2)15-12(17-13)18(3)4/h10H,5-9H2,1-4H3,(H,14,15,16,17). The third-order valence-corrected chi connectivity index (χ3v) is 3.54. The molecule has 0 aliphatic carbocycles. The van der Waals surface area contributed by atoms with Crippen molar-refractivity contribution in [3.8, 4) is 0 Å². The lowest BCUT2D eigenvalue weighted by Crippen LogP contribution is -2.28. The number of nitrogens with one attached hydrogen (secondary N) is 1. The Morgan fingerprint density at radius 2 is 1.95 bits per heavy atom. The van der Waals surface area contributed by atoms with E-state index >= 15 is 0 Å². The smallest absolute Gasteiger partial charge is 0.231 e. The Morgan fingerprint density at radius 3 is 2.63 bits per heavy atom. The minimum absolute atomic E-state index is 0.631. The molecule has 106 valence electrons. The van der Waals surface area contributed by atoms with Crippen LogP contribution in [0.2, 0.25) is 0 Å². The molecule has 0 radical (unpaired) electrons. The Morgan fingerprint density at radius 1 is 1.16 bits per heavy atom. The predicted molar refractivity (Wildman–Crippen MR) is 78.9 cm³/mol. The molecule has 1 aromatic heterocycles. The van der Waals surface area contributed by atoms with Gasteiger partial charge in [-0.25, -0.2) is 0 Å². The van der Waals surface area contributed by atoms with Gasteiger partial charge in [-0.3, -0.25) is 0 Å². The maximum Gasteiger partial charge on any atom is 0.231 e. The minimum atomic E-state index is 0.631. The topological polar surface area (TPSA) is 57.2 Å². The molecule has 1 aliphatic heterocycles. The monoisotopic (exact) mass is 264 g/mol. The lowest BCUT2D eigenvalue weighted by molar-refractivity contribution is 0.521. The van der Waals surface area contributed by atoms with Gasteiger partial charge in [0.15, 0.2) is 0 Å². The molecule has 1 unspecified atom stereocenters. The van der Waals surface area contributed by atoms with Crippen molar-refractivity contribution < 1.29 is 0 Å². The van der Waals surface area contributed by atoms with Crippen molar-refractivity contribution >= 4 is 17.8 Å². The molecule has 2 rings (SSSR count). The minimum Gasteiger partial charge on any atom is -0.357 e. The summed E-state index contributed by atoms with van der Waals surface area (Å²) in [6.45, 7) is 4.38. The van der Waals surface area contributed by atoms with Gasteiger partial charge in [0.05, 0.1) is 0 Å². The number of nitrogens with zero attached hydrogens (tertiary/aromatic N) is 5. The van der Waals surface area contributed by atoms with E-state index in [9.17, 15) is 0 Å². The predicted octanol–water partition coefficient (Wildman–Crippen LogP) is 1.61. The molecule has 1 aromatic rings. The molecular formula is C13H24N6. The summed E-state index contributed by atoms with van der Waals surface area (Å²) in [7, 11) is 5.73. The van der Waals surface area contributed by atoms with Gasteiger partial charge in [-0.05, 0) is 25.2 Å². The van der Waals surface area contributed by atoms with Gasteiger partial charge in [0.25, 0.3) is 0 Å². The summed E-state index contributed by atoms with van der Waals surface area (Å²) >= 11 is 0. The van der Waals surface area contributed by atoms with Crippen LogP contribution in [0.1, 0.15) is 26.2 Å². The SMILES string of the molecule is CNc1nc(N(C)C)nc(N2CCCC(C)CC2)n1. The summed E-state index contributed by atoms with van der Waals surface area (Å²) in [6.07, 6.45) is 3.71. The van der Waals surface area contributed by atoms with E-state index in [0.717, 1.165) is 25.0 Å². The zero-order chi connectivity index (χ0) is 13.8. The third-order valence-electron chi connectivity index (χ3n) is 3.54. The largest absolute Gasteiger partial charge is 0.357 e. The molecule has 1 aliphatic rings. The Kier molecular flexibility index (Phi) is 4.39. The molecule has 0 spiro atoms. The lowest BCUT2D eigenvalue weighted by atomic mass is 10.0. The second-order valence-electron chi connectivity index (χ2n) is 5.43. The molecule has 1 saturated heterocycles. The van der Waals surface area contributed by atoms with E-state index in [-0.39, 0.29) is 0 Å². The highest BCUT2D eigenvalue weighted by atomic mass is 15.3. The molecular weight excluding hydrogens is 240 g/mol. The Balaban J connectivity index is 2.24. The van der Waals surface area contributed by atoms with Crippen LogP contribution in [0.25, 0.3) is 0 Å². The van der Waals surface area contributed by atoms with Gasteiger partial charge in [-0.15, -0.1) is 0 Å². The first-order valence-electron chi connectivity index (χ1n) is 6.96. The van der Waals surface area contributed by atoms with Gasteiger partial charge in [-0.1, -0.05) is 6.92 Å². The molecule has 2 heterocycles. The van der Waals surface area contributed by atoms with E-state index in [4.69, 9.17) is 0 Å². The molecule has 1 atom stereocenters. The van der Waals surface area contributed by atoms with E-state index < -0.39 is 0 Å². The van der Waals surface area contributed by atoms with Crippen LogP contribution in [0.3, 0.4) is 0 Å². The normalized spacial score (nSPS) is 20.0. The van der Waals surface area contributed by atoms with Crippen LogP contribution in [-0.4, -0.2) is 49.2 Å². The van der Waals surface area contributed by atoms with Gasteiger partial charge in [-0.2, -0.15) is 15.0 Å². The fourth-order valence-electron chi connectivity index (χ4n) is 2.27. The van der Waals surface area contributed by atoms with Crippen molar-refractivity contribution in [3.05, 3.63) is 0 Å². The number of hydrogen-bond acceptors (Lipinski definition) is 6. The third kappa shape index (κ3) is 3.45. The van der Waals surface area contributed by atoms with Crippen molar-refractivity contribution in [2.24, 2.45) is 5.92 Å². The summed E-state index contributed by atoms with van der Waals surface area (Å²) in [4.78, 5) is 17.6. The highest BCUT2D eigenvalue weighted by molar-refractivity contribution is 5.44. The quantitative estimate of drug-likeness (QED) is 0.895. The highest BCUT2D eigenvalue weighted by Crippen LogP contribution is 2.21. The van der Waals surface area contributed by atoms with E-state index in [1.807, 2.05) is 26.0 Å². The van der Waals surface area contributed by atoms with Crippen molar-refractivity contribution in [1.29, 1.82) is 0 Å². The zero-order valence-electron chi connectivity index (χ0n) is 12.3. The second-order valence-corrected chi connectivity index (χ2v) is 5.43. The Bertz CT molecular complexity index is 420. The van der Waals surface area contributed by atoms with Crippen LogP contribution in [0, 0.1) is 5.92 Å². The van der Waals surface area contributed by atoms with Crippen molar-refractivity contribution in [2.45, 2.75) is 26.2 Å². The van der Waals surface area contributed by atoms with Gasteiger partial charge in [0.1, 0.15) is 0 Å². The number of hydrogen-bond donors (Lipinski definition) is 1. The maximum absolute atomic E-state index is 4.56. The summed E-state index contributed by atoms with van der Waals surface area (Å²) in [5.41, 5.74) is 0. The lowest BCUT2D eigenvalue weighted by Gasteiger charge is -2.22. The summed E-state index contributed by atoms with van der Waals surface area (Å²) < 4.78 is 0. The van der Waals surface area contributed by atoms with Gasteiger partial charge in [0, 0.05) is 34.2 Å². The molecule has 6 heteroatoms. The molecule has 6 nitrogen and oxygen atoms in total. The summed E-state index contributed by atoms with van der Waals surface area (Å²) in [5, 5.41) is 3.01. The van der Waals surface area contributed by atoms with Crippen LogP contribution in [0.15, 0.2) is 0 Å². The van der Waals surface area contributed by atoms with Crippen LogP contribution in [0.4, 0.5) is 17.8 Å². The molecule has 0 bridgehead atoms. The Labute approximate surface area is 115 Å². The number of rotatable bonds is 3. The number of aromatic nitrogens is 3. The van der Waals surface area contributed by atoms with Crippen molar-refractivity contribution in [2.75, 3.05) is 49.3 Å². The van der Waals surface area contributed by atoms with E-state index in [1.54, 1.807) is 0 Å². The van der Waals surface area contributed by atoms with Crippen LogP contribution < -0.4 is 15.1 Å². The molecule has 1 fully saturated rings. The van der Waals surface area contributed by atoms with E-state index in [0.29, 0.717) is 11.9 Å². The fourth-order valence-corrected chi connectivity index (χ4v) is 2.27. The first-order valence-corrected chi connectivity index (χ1v) is 6.96. The Hall–Kier alpha value is -1.59. The van der Waals surface area contributed by atoms with E-state index in [2.05, 4.69) is 32.1 Å². The maximum atomic E-state index is 4.56. The molecule has 19 heavy (non-hydrogen) atoms. The summed E-state index contributed by atoms with van der Waals surface area (Å²) in [6, 6.07) is 0. The van der Waals surface area contributed by atoms with E-state index in [1.165, 1.54) is 19.3 Å². The van der Waals surface area contributed by atoms with Crippen LogP contribution in [0.5, 0.6) is 0 Å². The first kappa shape index (κ1) is 13.8. The molecule has 0 aromatic carbocycles. The fraction of sp³-hybridized carbons (Fsp3) is 0.769. The van der Waals surface area contributed by atoms with Crippen LogP contribution in [-0.2, 0) is 0 Å². The highest BCUT2D eigenvalue weighted by Gasteiger charge is 2.18. The molecule has 1 N–H and O–H groups in total. The average Bonchev–Trinajstić information content (AvgIpc) is 2.63. The van der Waals surface area contributed by atoms with Crippen molar-refractivity contribution in [3.63, 3.8) is 0 Å². The molecule has 0 saturated carbocycles. The van der Waals surface area contributed by atoms with Gasteiger partial charge < -0.3 is 15.1 Å². The average molecular weight is 264 g/mol. The molecule has 0 amide bonds. The van der Waals surface area contributed by atoms with Crippen molar-refractivity contribution in [1.82, 2.24) is 15.0 Å². The van der Waals surface area contributed by atoms with Crippen LogP contribution >= 0.6 is 0 Å². The second kappa shape index (κ2) is 6.04. The number of anilines is 3. The first-order chi connectivity index (χ1) is 9.10. The van der Waals surface area contributed by atoms with Gasteiger partial charge in [0.2, 0.25) is 17.8 Å². The zero-order valence-corrected chi connectivity index (χ0v) is 12.3. The summed E-state index contributed by atoms with van der Waals surface area (Å²) in [5.74, 6) is 2.92. The van der Waals surface area contributed by atoms with Gasteiger partial charge >= 0.3 is 0 Å².